The van der Waals surface area contributed by atoms with E-state index in [1.807, 2.05) is 43.3 Å². The highest BCUT2D eigenvalue weighted by Crippen LogP contribution is 2.23. The Morgan fingerprint density at radius 1 is 1.12 bits per heavy atom. The topological polar surface area (TPSA) is 93.2 Å². The first-order valence-corrected chi connectivity index (χ1v) is 10.8. The van der Waals surface area contributed by atoms with Crippen LogP contribution in [-0.2, 0) is 22.6 Å². The van der Waals surface area contributed by atoms with E-state index < -0.39 is 0 Å². The van der Waals surface area contributed by atoms with Crippen LogP contribution >= 0.6 is 0 Å². The first kappa shape index (κ1) is 23.4. The van der Waals surface area contributed by atoms with Crippen LogP contribution in [0.5, 0.6) is 11.5 Å². The fourth-order valence-electron chi connectivity index (χ4n) is 3.27. The minimum atomic E-state index is -0.121. The summed E-state index contributed by atoms with van der Waals surface area (Å²) in [6.07, 6.45) is 0.984. The van der Waals surface area contributed by atoms with Gasteiger partial charge in [-0.05, 0) is 36.2 Å². The van der Waals surface area contributed by atoms with Gasteiger partial charge in [0.15, 0.2) is 5.96 Å². The zero-order valence-corrected chi connectivity index (χ0v) is 18.9. The molecular weight excluding hydrogens is 408 g/mol. The highest BCUT2D eigenvalue weighted by atomic mass is 16.5. The van der Waals surface area contributed by atoms with Gasteiger partial charge in [0.05, 0.1) is 26.9 Å². The molecule has 3 N–H and O–H groups in total. The molecule has 0 saturated carbocycles. The minimum Gasteiger partial charge on any atom is -0.497 e. The third-order valence-electron chi connectivity index (χ3n) is 5.14. The molecule has 1 amide bonds. The summed E-state index contributed by atoms with van der Waals surface area (Å²) < 4.78 is 16.7. The van der Waals surface area contributed by atoms with E-state index in [1.54, 1.807) is 14.2 Å². The molecule has 1 saturated heterocycles. The molecule has 1 unspecified atom stereocenters. The van der Waals surface area contributed by atoms with Gasteiger partial charge in [-0.2, -0.15) is 0 Å². The molecule has 8 heteroatoms. The fourth-order valence-corrected chi connectivity index (χ4v) is 3.27. The lowest BCUT2D eigenvalue weighted by Gasteiger charge is -2.18. The molecule has 172 valence electrons. The van der Waals surface area contributed by atoms with Crippen molar-refractivity contribution in [2.24, 2.45) is 4.99 Å². The van der Waals surface area contributed by atoms with E-state index in [4.69, 9.17) is 14.2 Å². The number of carbonyl (C=O) groups is 1. The fraction of sp³-hybridized carbons (Fsp3) is 0.417. The number of hydrogen-bond donors (Lipinski definition) is 3. The van der Waals surface area contributed by atoms with Crippen molar-refractivity contribution < 1.29 is 19.0 Å². The summed E-state index contributed by atoms with van der Waals surface area (Å²) in [5.41, 5.74) is 3.16. The van der Waals surface area contributed by atoms with Gasteiger partial charge in [0.2, 0.25) is 5.91 Å². The molecule has 2 aromatic carbocycles. The number of guanidine groups is 1. The van der Waals surface area contributed by atoms with Crippen molar-refractivity contribution in [1.82, 2.24) is 16.0 Å². The van der Waals surface area contributed by atoms with Gasteiger partial charge in [-0.1, -0.05) is 24.3 Å². The second-order valence-electron chi connectivity index (χ2n) is 7.62. The Labute approximate surface area is 189 Å². The normalized spacial score (nSPS) is 15.8. The third-order valence-corrected chi connectivity index (χ3v) is 5.14. The average Bonchev–Trinajstić information content (AvgIpc) is 3.32. The molecule has 1 atom stereocenters. The van der Waals surface area contributed by atoms with Crippen molar-refractivity contribution in [2.75, 3.05) is 33.9 Å². The maximum Gasteiger partial charge on any atom is 0.239 e. The Balaban J connectivity index is 1.45. The van der Waals surface area contributed by atoms with Crippen molar-refractivity contribution >= 4 is 11.9 Å². The summed E-state index contributed by atoms with van der Waals surface area (Å²) >= 11 is 0. The second-order valence-corrected chi connectivity index (χ2v) is 7.62. The smallest absolute Gasteiger partial charge is 0.239 e. The van der Waals surface area contributed by atoms with Crippen molar-refractivity contribution in [3.63, 3.8) is 0 Å². The summed E-state index contributed by atoms with van der Waals surface area (Å²) in [5, 5.41) is 9.18. The zero-order chi connectivity index (χ0) is 22.8. The van der Waals surface area contributed by atoms with E-state index in [-0.39, 0.29) is 18.6 Å². The number of carbonyl (C=O) groups excluding carboxylic acids is 1. The number of nitrogens with one attached hydrogen (secondary N) is 3. The number of benzene rings is 2. The van der Waals surface area contributed by atoms with Crippen LogP contribution in [0, 0.1) is 6.92 Å². The largest absolute Gasteiger partial charge is 0.497 e. The Hall–Kier alpha value is -3.26. The van der Waals surface area contributed by atoms with Gasteiger partial charge in [-0.15, -0.1) is 0 Å². The maximum absolute atomic E-state index is 12.2. The highest BCUT2D eigenvalue weighted by molar-refractivity contribution is 5.86. The van der Waals surface area contributed by atoms with Crippen molar-refractivity contribution in [3.8, 4) is 11.5 Å². The lowest BCUT2D eigenvalue weighted by atomic mass is 10.1. The number of ether oxygens (including phenoxy) is 3. The molecule has 1 fully saturated rings. The number of aliphatic imine (C=N–C) groups is 1. The summed E-state index contributed by atoms with van der Waals surface area (Å²) in [4.78, 5) is 16.4. The first-order valence-electron chi connectivity index (χ1n) is 10.8. The van der Waals surface area contributed by atoms with Crippen molar-refractivity contribution in [3.05, 3.63) is 59.2 Å². The van der Waals surface area contributed by atoms with E-state index in [2.05, 4.69) is 27.0 Å². The zero-order valence-electron chi connectivity index (χ0n) is 18.9. The Bertz CT molecular complexity index is 909. The second kappa shape index (κ2) is 12.0. The number of rotatable bonds is 9. The molecule has 0 aliphatic carbocycles. The van der Waals surface area contributed by atoms with E-state index in [9.17, 15) is 4.79 Å². The molecule has 0 bridgehead atoms. The first-order chi connectivity index (χ1) is 15.6. The Morgan fingerprint density at radius 2 is 1.94 bits per heavy atom. The van der Waals surface area contributed by atoms with Crippen LogP contribution in [0.25, 0.3) is 0 Å². The monoisotopic (exact) mass is 440 g/mol. The number of hydrogen-bond acceptors (Lipinski definition) is 5. The molecule has 0 radical (unpaired) electrons. The van der Waals surface area contributed by atoms with Crippen LogP contribution in [0.2, 0.25) is 0 Å². The number of nitrogens with zero attached hydrogens (tertiary/aromatic N) is 1. The van der Waals surface area contributed by atoms with Crippen molar-refractivity contribution in [1.29, 1.82) is 0 Å². The van der Waals surface area contributed by atoms with E-state index in [0.29, 0.717) is 25.7 Å². The summed E-state index contributed by atoms with van der Waals surface area (Å²) in [7, 11) is 3.30. The summed E-state index contributed by atoms with van der Waals surface area (Å²) in [6.45, 7) is 4.49. The van der Waals surface area contributed by atoms with Gasteiger partial charge >= 0.3 is 0 Å². The maximum atomic E-state index is 12.2. The molecule has 1 aliphatic heterocycles. The Morgan fingerprint density at radius 3 is 2.62 bits per heavy atom. The molecular formula is C24H32N4O4. The SMILES string of the molecule is CN=C(NCC(=O)NCc1ccc(OC)cc1)NCc1ccc(C)cc1OC1CCOC1. The minimum absolute atomic E-state index is 0.0855. The van der Waals surface area contributed by atoms with Crippen LogP contribution in [0.1, 0.15) is 23.1 Å². The molecule has 8 nitrogen and oxygen atoms in total. The number of amides is 1. The molecule has 1 aliphatic rings. The van der Waals surface area contributed by atoms with Crippen LogP contribution in [0.15, 0.2) is 47.5 Å². The lowest BCUT2D eigenvalue weighted by molar-refractivity contribution is -0.120. The molecule has 0 spiro atoms. The van der Waals surface area contributed by atoms with E-state index in [0.717, 1.165) is 41.2 Å². The van der Waals surface area contributed by atoms with Crippen LogP contribution < -0.4 is 25.4 Å². The van der Waals surface area contributed by atoms with E-state index in [1.165, 1.54) is 0 Å². The summed E-state index contributed by atoms with van der Waals surface area (Å²) in [6, 6.07) is 13.7. The predicted octanol–water partition coefficient (Wildman–Crippen LogP) is 2.15. The van der Waals surface area contributed by atoms with Gasteiger partial charge in [0.25, 0.3) is 0 Å². The van der Waals surface area contributed by atoms with Crippen molar-refractivity contribution in [2.45, 2.75) is 32.5 Å². The standard InChI is InChI=1S/C24H32N4O4/c1-17-4-7-19(22(12-17)32-21-10-11-31-16-21)14-27-24(25-2)28-15-23(29)26-13-18-5-8-20(30-3)9-6-18/h4-9,12,21H,10-11,13-16H2,1-3H3,(H,26,29)(H2,25,27,28). The highest BCUT2D eigenvalue weighted by Gasteiger charge is 2.18. The number of aryl methyl sites for hydroxylation is 1. The predicted molar refractivity (Wildman–Crippen MR) is 124 cm³/mol. The van der Waals surface area contributed by atoms with Gasteiger partial charge in [-0.25, -0.2) is 0 Å². The third kappa shape index (κ3) is 7.16. The van der Waals surface area contributed by atoms with Crippen LogP contribution in [0.3, 0.4) is 0 Å². The van der Waals surface area contributed by atoms with Gasteiger partial charge < -0.3 is 30.2 Å². The molecule has 2 aromatic rings. The molecule has 32 heavy (non-hydrogen) atoms. The number of methoxy groups -OCH3 is 1. The molecule has 0 aromatic heterocycles. The Kier molecular flexibility index (Phi) is 8.74. The van der Waals surface area contributed by atoms with Crippen LogP contribution in [-0.4, -0.2) is 51.9 Å². The molecule has 1 heterocycles. The van der Waals surface area contributed by atoms with Gasteiger partial charge in [0.1, 0.15) is 17.6 Å². The molecule has 3 rings (SSSR count). The van der Waals surface area contributed by atoms with E-state index >= 15 is 0 Å². The van der Waals surface area contributed by atoms with Crippen LogP contribution in [0.4, 0.5) is 0 Å². The van der Waals surface area contributed by atoms with Gasteiger partial charge in [0, 0.05) is 32.1 Å². The quantitative estimate of drug-likeness (QED) is 0.409. The van der Waals surface area contributed by atoms with Gasteiger partial charge in [-0.3, -0.25) is 9.79 Å². The average molecular weight is 441 g/mol. The lowest BCUT2D eigenvalue weighted by Crippen LogP contribution is -2.42. The summed E-state index contributed by atoms with van der Waals surface area (Å²) in [5.74, 6) is 2.06.